The normalized spacial score (nSPS) is 17.0. The summed E-state index contributed by atoms with van der Waals surface area (Å²) in [6.45, 7) is 2.76. The van der Waals surface area contributed by atoms with Gasteiger partial charge in [-0.2, -0.15) is 0 Å². The summed E-state index contributed by atoms with van der Waals surface area (Å²) < 4.78 is 4.07. The molecule has 2 N–H and O–H groups in total. The van der Waals surface area contributed by atoms with Gasteiger partial charge in [-0.1, -0.05) is 12.1 Å². The number of hydrogen-bond acceptors (Lipinski definition) is 4. The molecule has 96 valence electrons. The van der Waals surface area contributed by atoms with Crippen molar-refractivity contribution in [2.24, 2.45) is 5.73 Å². The van der Waals surface area contributed by atoms with Crippen molar-refractivity contribution in [2.45, 2.75) is 44.8 Å². The molecule has 0 bridgehead atoms. The SMILES string of the molecule is CCC(N)c1cn(Cc2cncn2C2CC2)nn1. The zero-order valence-electron chi connectivity index (χ0n) is 10.5. The van der Waals surface area contributed by atoms with Crippen molar-refractivity contribution in [3.63, 3.8) is 0 Å². The third-order valence-electron chi connectivity index (χ3n) is 3.39. The fourth-order valence-corrected chi connectivity index (χ4v) is 2.07. The van der Waals surface area contributed by atoms with Gasteiger partial charge in [0.15, 0.2) is 0 Å². The number of imidazole rings is 1. The maximum atomic E-state index is 5.94. The molecule has 0 saturated heterocycles. The van der Waals surface area contributed by atoms with E-state index < -0.39 is 0 Å². The summed E-state index contributed by atoms with van der Waals surface area (Å²) in [7, 11) is 0. The highest BCUT2D eigenvalue weighted by molar-refractivity contribution is 5.06. The Morgan fingerprint density at radius 1 is 1.50 bits per heavy atom. The molecule has 0 aromatic carbocycles. The Morgan fingerprint density at radius 3 is 3.06 bits per heavy atom. The molecule has 0 spiro atoms. The monoisotopic (exact) mass is 246 g/mol. The van der Waals surface area contributed by atoms with E-state index in [2.05, 4.69) is 19.9 Å². The number of hydrogen-bond donors (Lipinski definition) is 1. The standard InChI is InChI=1S/C12H18N6/c1-2-11(13)12-7-17(16-15-12)6-10-5-14-8-18(10)9-3-4-9/h5,7-9,11H,2-4,6,13H2,1H3. The molecule has 18 heavy (non-hydrogen) atoms. The van der Waals surface area contributed by atoms with E-state index in [-0.39, 0.29) is 6.04 Å². The molecule has 6 nitrogen and oxygen atoms in total. The van der Waals surface area contributed by atoms with Crippen LogP contribution in [0.4, 0.5) is 0 Å². The minimum atomic E-state index is -0.0212. The Bertz CT molecular complexity index is 524. The van der Waals surface area contributed by atoms with Gasteiger partial charge in [-0.25, -0.2) is 9.67 Å². The second kappa shape index (κ2) is 4.53. The third-order valence-corrected chi connectivity index (χ3v) is 3.39. The molecule has 1 atom stereocenters. The molecule has 1 fully saturated rings. The molecule has 1 aliphatic rings. The topological polar surface area (TPSA) is 74.6 Å². The molecule has 3 rings (SSSR count). The van der Waals surface area contributed by atoms with Crippen LogP contribution in [-0.4, -0.2) is 24.5 Å². The second-order valence-corrected chi connectivity index (χ2v) is 4.88. The quantitative estimate of drug-likeness (QED) is 0.862. The highest BCUT2D eigenvalue weighted by Gasteiger charge is 2.25. The lowest BCUT2D eigenvalue weighted by atomic mass is 10.2. The van der Waals surface area contributed by atoms with Crippen LogP contribution in [0.15, 0.2) is 18.7 Å². The summed E-state index contributed by atoms with van der Waals surface area (Å²) in [4.78, 5) is 4.21. The summed E-state index contributed by atoms with van der Waals surface area (Å²) in [5.41, 5.74) is 7.97. The highest BCUT2D eigenvalue weighted by atomic mass is 15.4. The average Bonchev–Trinajstić information content (AvgIpc) is 2.95. The third kappa shape index (κ3) is 2.15. The molecule has 0 aliphatic heterocycles. The van der Waals surface area contributed by atoms with E-state index in [0.717, 1.165) is 12.1 Å². The first-order valence-electron chi connectivity index (χ1n) is 6.44. The molecule has 6 heteroatoms. The van der Waals surface area contributed by atoms with Crippen LogP contribution in [0.5, 0.6) is 0 Å². The van der Waals surface area contributed by atoms with Crippen LogP contribution in [-0.2, 0) is 6.54 Å². The smallest absolute Gasteiger partial charge is 0.0994 e. The van der Waals surface area contributed by atoms with Gasteiger partial charge in [0, 0.05) is 6.04 Å². The van der Waals surface area contributed by atoms with Crippen molar-refractivity contribution in [2.75, 3.05) is 0 Å². The molecule has 1 unspecified atom stereocenters. The van der Waals surface area contributed by atoms with Gasteiger partial charge in [0.25, 0.3) is 0 Å². The van der Waals surface area contributed by atoms with Gasteiger partial charge in [0.1, 0.15) is 0 Å². The lowest BCUT2D eigenvalue weighted by Gasteiger charge is -2.05. The van der Waals surface area contributed by atoms with Crippen LogP contribution in [0, 0.1) is 0 Å². The molecular formula is C12H18N6. The van der Waals surface area contributed by atoms with Gasteiger partial charge in [0.05, 0.1) is 42.7 Å². The maximum absolute atomic E-state index is 5.94. The van der Waals surface area contributed by atoms with E-state index in [1.54, 1.807) is 0 Å². The molecule has 1 saturated carbocycles. The van der Waals surface area contributed by atoms with Crippen LogP contribution in [0.2, 0.25) is 0 Å². The number of nitrogens with two attached hydrogens (primary N) is 1. The van der Waals surface area contributed by atoms with Crippen LogP contribution < -0.4 is 5.73 Å². The maximum Gasteiger partial charge on any atom is 0.0994 e. The zero-order chi connectivity index (χ0) is 12.5. The van der Waals surface area contributed by atoms with E-state index in [1.165, 1.54) is 18.5 Å². The van der Waals surface area contributed by atoms with Crippen molar-refractivity contribution in [1.82, 2.24) is 24.5 Å². The first-order chi connectivity index (χ1) is 8.78. The minimum Gasteiger partial charge on any atom is -0.330 e. The van der Waals surface area contributed by atoms with Gasteiger partial charge in [0.2, 0.25) is 0 Å². The lowest BCUT2D eigenvalue weighted by Crippen LogP contribution is -2.09. The molecule has 1 aliphatic carbocycles. The van der Waals surface area contributed by atoms with Crippen LogP contribution >= 0.6 is 0 Å². The minimum absolute atomic E-state index is 0.0212. The Hall–Kier alpha value is -1.69. The summed E-state index contributed by atoms with van der Waals surface area (Å²) in [6, 6.07) is 0.621. The summed E-state index contributed by atoms with van der Waals surface area (Å²) in [6.07, 6.45) is 9.12. The Labute approximate surface area is 106 Å². The summed E-state index contributed by atoms with van der Waals surface area (Å²) in [5.74, 6) is 0. The van der Waals surface area contributed by atoms with E-state index in [1.807, 2.05) is 30.3 Å². The summed E-state index contributed by atoms with van der Waals surface area (Å²) >= 11 is 0. The number of nitrogens with zero attached hydrogens (tertiary/aromatic N) is 5. The van der Waals surface area contributed by atoms with E-state index in [0.29, 0.717) is 12.6 Å². The van der Waals surface area contributed by atoms with Crippen LogP contribution in [0.25, 0.3) is 0 Å². The molecule has 0 radical (unpaired) electrons. The van der Waals surface area contributed by atoms with Crippen molar-refractivity contribution >= 4 is 0 Å². The molecule has 2 aromatic heterocycles. The van der Waals surface area contributed by atoms with Crippen LogP contribution in [0.3, 0.4) is 0 Å². The predicted molar refractivity (Wildman–Crippen MR) is 66.8 cm³/mol. The number of aromatic nitrogens is 5. The van der Waals surface area contributed by atoms with Gasteiger partial charge >= 0.3 is 0 Å². The Kier molecular flexibility index (Phi) is 2.87. The fraction of sp³-hybridized carbons (Fsp3) is 0.583. The first kappa shape index (κ1) is 11.4. The largest absolute Gasteiger partial charge is 0.330 e. The highest BCUT2D eigenvalue weighted by Crippen LogP contribution is 2.35. The zero-order valence-corrected chi connectivity index (χ0v) is 10.5. The molecule has 0 amide bonds. The van der Waals surface area contributed by atoms with E-state index >= 15 is 0 Å². The van der Waals surface area contributed by atoms with Crippen molar-refractivity contribution in [3.05, 3.63) is 30.1 Å². The van der Waals surface area contributed by atoms with Gasteiger partial charge in [-0.3, -0.25) is 0 Å². The van der Waals surface area contributed by atoms with Gasteiger partial charge in [-0.15, -0.1) is 5.10 Å². The lowest BCUT2D eigenvalue weighted by molar-refractivity contribution is 0.596. The molecule has 2 heterocycles. The second-order valence-electron chi connectivity index (χ2n) is 4.88. The van der Waals surface area contributed by atoms with Gasteiger partial charge < -0.3 is 10.3 Å². The van der Waals surface area contributed by atoms with E-state index in [4.69, 9.17) is 5.73 Å². The van der Waals surface area contributed by atoms with Crippen molar-refractivity contribution in [1.29, 1.82) is 0 Å². The van der Waals surface area contributed by atoms with Crippen molar-refractivity contribution < 1.29 is 0 Å². The summed E-state index contributed by atoms with van der Waals surface area (Å²) in [5, 5.41) is 8.24. The Morgan fingerprint density at radius 2 is 2.33 bits per heavy atom. The van der Waals surface area contributed by atoms with E-state index in [9.17, 15) is 0 Å². The Balaban J connectivity index is 1.75. The predicted octanol–water partition coefficient (Wildman–Crippen LogP) is 1.27. The molecular weight excluding hydrogens is 228 g/mol. The first-order valence-corrected chi connectivity index (χ1v) is 6.44. The average molecular weight is 246 g/mol. The van der Waals surface area contributed by atoms with Crippen LogP contribution in [0.1, 0.15) is 49.7 Å². The fourth-order valence-electron chi connectivity index (χ4n) is 2.07. The molecule has 2 aromatic rings. The van der Waals surface area contributed by atoms with Gasteiger partial charge in [-0.05, 0) is 19.3 Å². The van der Waals surface area contributed by atoms with Crippen molar-refractivity contribution in [3.8, 4) is 0 Å². The number of rotatable bonds is 5.